The zero-order valence-electron chi connectivity index (χ0n) is 9.50. The molecule has 17 heavy (non-hydrogen) atoms. The summed E-state index contributed by atoms with van der Waals surface area (Å²) in [5.41, 5.74) is 1.17. The van der Waals surface area contributed by atoms with Crippen LogP contribution in [0.5, 0.6) is 0 Å². The van der Waals surface area contributed by atoms with Gasteiger partial charge in [0, 0.05) is 4.47 Å². The first-order chi connectivity index (χ1) is 7.97. The summed E-state index contributed by atoms with van der Waals surface area (Å²) in [4.78, 5) is 22.5. The highest BCUT2D eigenvalue weighted by molar-refractivity contribution is 9.10. The lowest BCUT2D eigenvalue weighted by Crippen LogP contribution is -2.08. The summed E-state index contributed by atoms with van der Waals surface area (Å²) in [6, 6.07) is 5.18. The normalized spacial score (nSPS) is 12.0. The van der Waals surface area contributed by atoms with Gasteiger partial charge in [0.15, 0.2) is 0 Å². The molecular weight excluding hydrogens is 352 g/mol. The largest absolute Gasteiger partial charge is 0.462 e. The lowest BCUT2D eigenvalue weighted by atomic mass is 10.1. The van der Waals surface area contributed by atoms with Crippen LogP contribution in [-0.4, -0.2) is 18.4 Å². The standard InChI is InChI=1S/C12H12Br2O3/c1-3-17-12(16)9-6-8(4-5-10(9)13)11(14)7(2)15/h4-6,11H,3H2,1-2H3. The number of hydrogen-bond acceptors (Lipinski definition) is 3. The molecule has 1 aromatic rings. The Morgan fingerprint density at radius 2 is 2.06 bits per heavy atom. The van der Waals surface area contributed by atoms with E-state index in [0.717, 1.165) is 5.56 Å². The van der Waals surface area contributed by atoms with E-state index in [1.165, 1.54) is 6.92 Å². The summed E-state index contributed by atoms with van der Waals surface area (Å²) in [5.74, 6) is -0.411. The predicted octanol–water partition coefficient (Wildman–Crippen LogP) is 3.65. The minimum atomic E-state index is -0.399. The molecule has 1 rings (SSSR count). The fourth-order valence-corrected chi connectivity index (χ4v) is 1.99. The Balaban J connectivity index is 3.10. The van der Waals surface area contributed by atoms with E-state index in [-0.39, 0.29) is 5.78 Å². The number of hydrogen-bond donors (Lipinski definition) is 0. The average molecular weight is 364 g/mol. The molecule has 0 aliphatic carbocycles. The first-order valence-corrected chi connectivity index (χ1v) is 6.79. The van der Waals surface area contributed by atoms with Gasteiger partial charge in [-0.25, -0.2) is 4.79 Å². The van der Waals surface area contributed by atoms with Crippen molar-refractivity contribution in [1.82, 2.24) is 0 Å². The van der Waals surface area contributed by atoms with Crippen LogP contribution >= 0.6 is 31.9 Å². The lowest BCUT2D eigenvalue weighted by Gasteiger charge is -2.10. The number of Topliss-reactive ketones (excluding diaryl/α,β-unsaturated/α-hetero) is 1. The minimum absolute atomic E-state index is 0.0119. The van der Waals surface area contributed by atoms with Crippen molar-refractivity contribution < 1.29 is 14.3 Å². The Morgan fingerprint density at radius 3 is 2.59 bits per heavy atom. The van der Waals surface area contributed by atoms with Gasteiger partial charge in [-0.2, -0.15) is 0 Å². The van der Waals surface area contributed by atoms with Crippen LogP contribution in [0.4, 0.5) is 0 Å². The van der Waals surface area contributed by atoms with Crippen molar-refractivity contribution >= 4 is 43.6 Å². The van der Waals surface area contributed by atoms with Crippen LogP contribution in [0.25, 0.3) is 0 Å². The highest BCUT2D eigenvalue weighted by Gasteiger charge is 2.17. The van der Waals surface area contributed by atoms with E-state index in [2.05, 4.69) is 31.9 Å². The second-order valence-corrected chi connectivity index (χ2v) is 5.20. The van der Waals surface area contributed by atoms with Crippen molar-refractivity contribution in [3.63, 3.8) is 0 Å². The van der Waals surface area contributed by atoms with E-state index in [1.807, 2.05) is 0 Å². The molecular formula is C12H12Br2O3. The number of halogens is 2. The first kappa shape index (κ1) is 14.4. The van der Waals surface area contributed by atoms with Gasteiger partial charge in [-0.3, -0.25) is 4.79 Å². The van der Waals surface area contributed by atoms with Crippen LogP contribution < -0.4 is 0 Å². The monoisotopic (exact) mass is 362 g/mol. The van der Waals surface area contributed by atoms with Gasteiger partial charge in [0.1, 0.15) is 5.78 Å². The maximum atomic E-state index is 11.7. The van der Waals surface area contributed by atoms with Gasteiger partial charge in [-0.1, -0.05) is 22.0 Å². The molecule has 0 N–H and O–H groups in total. The van der Waals surface area contributed by atoms with Crippen LogP contribution in [-0.2, 0) is 9.53 Å². The summed E-state index contributed by atoms with van der Waals surface area (Å²) >= 11 is 6.57. The molecule has 92 valence electrons. The Morgan fingerprint density at radius 1 is 1.41 bits per heavy atom. The SMILES string of the molecule is CCOC(=O)c1cc(C(Br)C(C)=O)ccc1Br. The second kappa shape index (κ2) is 6.31. The van der Waals surface area contributed by atoms with E-state index in [4.69, 9.17) is 4.74 Å². The molecule has 0 saturated heterocycles. The molecule has 1 aromatic carbocycles. The lowest BCUT2D eigenvalue weighted by molar-refractivity contribution is -0.116. The summed E-state index contributed by atoms with van der Waals surface area (Å²) < 4.78 is 5.59. The third-order valence-electron chi connectivity index (χ3n) is 2.14. The van der Waals surface area contributed by atoms with Crippen LogP contribution in [0.1, 0.15) is 34.6 Å². The van der Waals surface area contributed by atoms with Gasteiger partial charge in [0.25, 0.3) is 0 Å². The Bertz CT molecular complexity index is 443. The Hall–Kier alpha value is -0.680. The van der Waals surface area contributed by atoms with Crippen LogP contribution in [0.2, 0.25) is 0 Å². The first-order valence-electron chi connectivity index (χ1n) is 5.08. The number of benzene rings is 1. The molecule has 0 aromatic heterocycles. The summed E-state index contributed by atoms with van der Waals surface area (Å²) in [6.45, 7) is 3.56. The summed E-state index contributed by atoms with van der Waals surface area (Å²) in [7, 11) is 0. The van der Waals surface area contributed by atoms with Crippen LogP contribution in [0, 0.1) is 0 Å². The number of carbonyl (C=O) groups is 2. The molecule has 0 radical (unpaired) electrons. The minimum Gasteiger partial charge on any atom is -0.462 e. The number of ether oxygens (including phenoxy) is 1. The second-order valence-electron chi connectivity index (χ2n) is 3.43. The fourth-order valence-electron chi connectivity index (χ4n) is 1.30. The van der Waals surface area contributed by atoms with E-state index in [9.17, 15) is 9.59 Å². The topological polar surface area (TPSA) is 43.4 Å². The van der Waals surface area contributed by atoms with Crippen LogP contribution in [0.3, 0.4) is 0 Å². The third-order valence-corrected chi connectivity index (χ3v) is 4.00. The molecule has 1 unspecified atom stereocenters. The zero-order chi connectivity index (χ0) is 13.0. The number of alkyl halides is 1. The van der Waals surface area contributed by atoms with Gasteiger partial charge in [0.05, 0.1) is 17.0 Å². The van der Waals surface area contributed by atoms with Gasteiger partial charge in [0.2, 0.25) is 0 Å². The molecule has 0 heterocycles. The van der Waals surface area contributed by atoms with Crippen molar-refractivity contribution in [1.29, 1.82) is 0 Å². The van der Waals surface area contributed by atoms with Crippen molar-refractivity contribution in [2.45, 2.75) is 18.7 Å². The van der Waals surface area contributed by atoms with Crippen molar-refractivity contribution in [2.75, 3.05) is 6.61 Å². The van der Waals surface area contributed by atoms with Crippen molar-refractivity contribution in [2.24, 2.45) is 0 Å². The molecule has 0 aliphatic rings. The number of rotatable bonds is 4. The molecule has 3 nitrogen and oxygen atoms in total. The number of esters is 1. The highest BCUT2D eigenvalue weighted by atomic mass is 79.9. The molecule has 0 spiro atoms. The highest BCUT2D eigenvalue weighted by Crippen LogP contribution is 2.28. The molecule has 1 atom stereocenters. The van der Waals surface area contributed by atoms with E-state index >= 15 is 0 Å². The Kier molecular flexibility index (Phi) is 5.33. The van der Waals surface area contributed by atoms with Gasteiger partial charge < -0.3 is 4.74 Å². The predicted molar refractivity (Wildman–Crippen MR) is 72.4 cm³/mol. The molecule has 0 amide bonds. The molecule has 0 fully saturated rings. The third kappa shape index (κ3) is 3.64. The summed E-state index contributed by atoms with van der Waals surface area (Å²) in [6.07, 6.45) is 0. The van der Waals surface area contributed by atoms with Gasteiger partial charge in [-0.15, -0.1) is 0 Å². The summed E-state index contributed by atoms with van der Waals surface area (Å²) in [5, 5.41) is 0. The van der Waals surface area contributed by atoms with Gasteiger partial charge in [-0.05, 0) is 47.5 Å². The maximum Gasteiger partial charge on any atom is 0.339 e. The van der Waals surface area contributed by atoms with E-state index in [1.54, 1.807) is 25.1 Å². The quantitative estimate of drug-likeness (QED) is 0.605. The van der Waals surface area contributed by atoms with Crippen molar-refractivity contribution in [3.05, 3.63) is 33.8 Å². The zero-order valence-corrected chi connectivity index (χ0v) is 12.7. The molecule has 0 saturated carbocycles. The van der Waals surface area contributed by atoms with E-state index < -0.39 is 10.8 Å². The van der Waals surface area contributed by atoms with Gasteiger partial charge >= 0.3 is 5.97 Å². The maximum absolute atomic E-state index is 11.7. The molecule has 5 heteroatoms. The number of carbonyl (C=O) groups excluding carboxylic acids is 2. The average Bonchev–Trinajstić information content (AvgIpc) is 2.28. The smallest absolute Gasteiger partial charge is 0.339 e. The Labute approximate surface area is 117 Å². The van der Waals surface area contributed by atoms with Crippen molar-refractivity contribution in [3.8, 4) is 0 Å². The molecule has 0 aliphatic heterocycles. The van der Waals surface area contributed by atoms with Crippen LogP contribution in [0.15, 0.2) is 22.7 Å². The van der Waals surface area contributed by atoms with E-state index in [0.29, 0.717) is 16.6 Å². The number of ketones is 1. The fraction of sp³-hybridized carbons (Fsp3) is 0.333. The molecule has 0 bridgehead atoms.